The SMILES string of the molecule is CCN1C(=N)c2cc3ccc(S(N)(=O)=O)cc3cc2C1=N. The first-order valence-electron chi connectivity index (χ1n) is 6.39. The molecule has 0 aliphatic carbocycles. The number of hydrogen-bond acceptors (Lipinski definition) is 4. The third-order valence-electron chi connectivity index (χ3n) is 3.64. The van der Waals surface area contributed by atoms with E-state index in [0.717, 1.165) is 5.39 Å². The maximum Gasteiger partial charge on any atom is 0.238 e. The molecular weight excluding hydrogens is 288 g/mol. The minimum atomic E-state index is -3.75. The summed E-state index contributed by atoms with van der Waals surface area (Å²) in [5, 5.41) is 22.9. The Kier molecular flexibility index (Phi) is 2.86. The van der Waals surface area contributed by atoms with Crippen LogP contribution in [0.1, 0.15) is 18.1 Å². The van der Waals surface area contributed by atoms with Crippen molar-refractivity contribution >= 4 is 32.5 Å². The van der Waals surface area contributed by atoms with E-state index in [1.54, 1.807) is 17.0 Å². The average Bonchev–Trinajstić information content (AvgIpc) is 2.66. The van der Waals surface area contributed by atoms with Crippen LogP contribution in [0.3, 0.4) is 0 Å². The molecule has 2 aromatic carbocycles. The van der Waals surface area contributed by atoms with E-state index in [1.165, 1.54) is 12.1 Å². The molecule has 0 spiro atoms. The molecule has 0 radical (unpaired) electrons. The highest BCUT2D eigenvalue weighted by atomic mass is 32.2. The van der Waals surface area contributed by atoms with E-state index in [2.05, 4.69) is 0 Å². The van der Waals surface area contributed by atoms with Crippen molar-refractivity contribution in [2.45, 2.75) is 11.8 Å². The maximum absolute atomic E-state index is 11.4. The number of primary sulfonamides is 1. The summed E-state index contributed by atoms with van der Waals surface area (Å²) in [6.07, 6.45) is 0. The van der Waals surface area contributed by atoms with Crippen LogP contribution in [0.25, 0.3) is 10.8 Å². The van der Waals surface area contributed by atoms with Gasteiger partial charge >= 0.3 is 0 Å². The molecule has 0 atom stereocenters. The molecule has 1 aliphatic rings. The Hall–Kier alpha value is -2.25. The highest BCUT2D eigenvalue weighted by Gasteiger charge is 2.29. The van der Waals surface area contributed by atoms with E-state index in [-0.39, 0.29) is 10.7 Å². The van der Waals surface area contributed by atoms with E-state index < -0.39 is 10.0 Å². The highest BCUT2D eigenvalue weighted by molar-refractivity contribution is 7.89. The molecule has 108 valence electrons. The van der Waals surface area contributed by atoms with Gasteiger partial charge in [0.05, 0.1) is 4.90 Å². The lowest BCUT2D eigenvalue weighted by molar-refractivity contribution is 0.598. The zero-order valence-corrected chi connectivity index (χ0v) is 12.2. The maximum atomic E-state index is 11.4. The first-order valence-corrected chi connectivity index (χ1v) is 7.93. The predicted octanol–water partition coefficient (Wildman–Crippen LogP) is 1.47. The Labute approximate surface area is 122 Å². The number of rotatable bonds is 2. The summed E-state index contributed by atoms with van der Waals surface area (Å²) in [6, 6.07) is 8.17. The number of benzene rings is 2. The molecule has 3 rings (SSSR count). The molecule has 6 nitrogen and oxygen atoms in total. The second-order valence-electron chi connectivity index (χ2n) is 4.89. The number of fused-ring (bicyclic) bond motifs is 2. The van der Waals surface area contributed by atoms with Crippen molar-refractivity contribution < 1.29 is 8.42 Å². The number of amidine groups is 2. The summed E-state index contributed by atoms with van der Waals surface area (Å²) in [5.41, 5.74) is 1.33. The summed E-state index contributed by atoms with van der Waals surface area (Å²) in [4.78, 5) is 1.64. The lowest BCUT2D eigenvalue weighted by atomic mass is 10.0. The van der Waals surface area contributed by atoms with Gasteiger partial charge in [0, 0.05) is 17.7 Å². The van der Waals surface area contributed by atoms with Crippen molar-refractivity contribution in [1.29, 1.82) is 10.8 Å². The van der Waals surface area contributed by atoms with Gasteiger partial charge in [-0.3, -0.25) is 10.8 Å². The normalized spacial score (nSPS) is 14.9. The van der Waals surface area contributed by atoms with Crippen LogP contribution in [0.2, 0.25) is 0 Å². The predicted molar refractivity (Wildman–Crippen MR) is 81.4 cm³/mol. The molecule has 1 aliphatic heterocycles. The number of sulfonamides is 1. The van der Waals surface area contributed by atoms with Gasteiger partial charge in [0.1, 0.15) is 11.7 Å². The van der Waals surface area contributed by atoms with Crippen molar-refractivity contribution in [2.24, 2.45) is 5.14 Å². The molecule has 4 N–H and O–H groups in total. The van der Waals surface area contributed by atoms with E-state index in [0.29, 0.717) is 28.9 Å². The summed E-state index contributed by atoms with van der Waals surface area (Å²) in [6.45, 7) is 2.43. The molecule has 21 heavy (non-hydrogen) atoms. The van der Waals surface area contributed by atoms with E-state index >= 15 is 0 Å². The van der Waals surface area contributed by atoms with Gasteiger partial charge in [-0.15, -0.1) is 0 Å². The first kappa shape index (κ1) is 13.7. The van der Waals surface area contributed by atoms with Crippen molar-refractivity contribution in [3.63, 3.8) is 0 Å². The Balaban J connectivity index is 2.26. The van der Waals surface area contributed by atoms with Crippen LogP contribution < -0.4 is 5.14 Å². The van der Waals surface area contributed by atoms with Crippen LogP contribution in [-0.2, 0) is 10.0 Å². The average molecular weight is 302 g/mol. The largest absolute Gasteiger partial charge is 0.311 e. The standard InChI is InChI=1S/C14H14N4O2S/c1-2-18-13(15)11-6-8-3-4-10(21(17,19)20)5-9(8)7-12(11)14(18)16/h3-7,15-16H,2H2,1H3,(H2,17,19,20). The zero-order valence-electron chi connectivity index (χ0n) is 11.3. The second kappa shape index (κ2) is 4.37. The summed E-state index contributed by atoms with van der Waals surface area (Å²) >= 11 is 0. The van der Waals surface area contributed by atoms with Gasteiger partial charge in [-0.05, 0) is 42.0 Å². The molecule has 0 amide bonds. The van der Waals surface area contributed by atoms with Crippen LogP contribution in [-0.4, -0.2) is 31.5 Å². The topological polar surface area (TPSA) is 111 Å². The molecule has 0 unspecified atom stereocenters. The van der Waals surface area contributed by atoms with Crippen molar-refractivity contribution in [2.75, 3.05) is 6.54 Å². The van der Waals surface area contributed by atoms with Crippen LogP contribution in [0.15, 0.2) is 35.2 Å². The monoisotopic (exact) mass is 302 g/mol. The van der Waals surface area contributed by atoms with E-state index in [1.807, 2.05) is 13.0 Å². The fourth-order valence-electron chi connectivity index (χ4n) is 2.56. The highest BCUT2D eigenvalue weighted by Crippen LogP contribution is 2.28. The van der Waals surface area contributed by atoms with Crippen LogP contribution in [0.5, 0.6) is 0 Å². The minimum absolute atomic E-state index is 0.0434. The quantitative estimate of drug-likeness (QED) is 0.781. The Morgan fingerprint density at radius 3 is 2.14 bits per heavy atom. The van der Waals surface area contributed by atoms with Crippen LogP contribution in [0, 0.1) is 10.8 Å². The molecule has 0 saturated heterocycles. The van der Waals surface area contributed by atoms with Crippen LogP contribution >= 0.6 is 0 Å². The molecule has 2 aromatic rings. The van der Waals surface area contributed by atoms with Crippen molar-refractivity contribution in [1.82, 2.24) is 4.90 Å². The van der Waals surface area contributed by atoms with Crippen LogP contribution in [0.4, 0.5) is 0 Å². The van der Waals surface area contributed by atoms with Gasteiger partial charge in [0.2, 0.25) is 10.0 Å². The molecule has 0 bridgehead atoms. The first-order chi connectivity index (χ1) is 9.82. The Morgan fingerprint density at radius 1 is 1.05 bits per heavy atom. The summed E-state index contributed by atoms with van der Waals surface area (Å²) < 4.78 is 22.8. The third kappa shape index (κ3) is 2.01. The fraction of sp³-hybridized carbons (Fsp3) is 0.143. The number of nitrogens with two attached hydrogens (primary N) is 1. The molecule has 0 saturated carbocycles. The number of nitrogens with one attached hydrogen (secondary N) is 2. The van der Waals surface area contributed by atoms with Gasteiger partial charge in [0.25, 0.3) is 0 Å². The summed E-state index contributed by atoms with van der Waals surface area (Å²) in [7, 11) is -3.75. The number of nitrogens with zero attached hydrogens (tertiary/aromatic N) is 1. The smallest absolute Gasteiger partial charge is 0.238 e. The Morgan fingerprint density at radius 2 is 1.62 bits per heavy atom. The van der Waals surface area contributed by atoms with E-state index in [9.17, 15) is 8.42 Å². The molecule has 0 aromatic heterocycles. The van der Waals surface area contributed by atoms with Gasteiger partial charge in [0.15, 0.2) is 0 Å². The lowest BCUT2D eigenvalue weighted by Crippen LogP contribution is -2.29. The van der Waals surface area contributed by atoms with E-state index in [4.69, 9.17) is 16.0 Å². The minimum Gasteiger partial charge on any atom is -0.311 e. The van der Waals surface area contributed by atoms with Gasteiger partial charge in [-0.1, -0.05) is 6.07 Å². The molecule has 7 heteroatoms. The number of hydrogen-bond donors (Lipinski definition) is 3. The summed E-state index contributed by atoms with van der Waals surface area (Å²) in [5.74, 6) is 0.565. The van der Waals surface area contributed by atoms with Crippen molar-refractivity contribution in [3.05, 3.63) is 41.5 Å². The molecule has 1 heterocycles. The van der Waals surface area contributed by atoms with Gasteiger partial charge in [-0.25, -0.2) is 13.6 Å². The fourth-order valence-corrected chi connectivity index (χ4v) is 3.11. The lowest BCUT2D eigenvalue weighted by Gasteiger charge is -2.14. The third-order valence-corrected chi connectivity index (χ3v) is 4.55. The van der Waals surface area contributed by atoms with Gasteiger partial charge < -0.3 is 4.90 Å². The van der Waals surface area contributed by atoms with Gasteiger partial charge in [-0.2, -0.15) is 0 Å². The zero-order chi connectivity index (χ0) is 15.4. The second-order valence-corrected chi connectivity index (χ2v) is 6.45. The Bertz CT molecular complexity index is 903. The molecule has 0 fully saturated rings. The van der Waals surface area contributed by atoms with Crippen molar-refractivity contribution in [3.8, 4) is 0 Å². The molecular formula is C14H14N4O2S.